The van der Waals surface area contributed by atoms with Crippen molar-refractivity contribution < 1.29 is 24.0 Å². The van der Waals surface area contributed by atoms with Gasteiger partial charge in [0.05, 0.1) is 12.0 Å². The molecule has 0 saturated carbocycles. The Morgan fingerprint density at radius 1 is 1.26 bits per heavy atom. The third-order valence-electron chi connectivity index (χ3n) is 3.28. The first-order valence-corrected chi connectivity index (χ1v) is 7.99. The molecule has 1 N–H and O–H groups in total. The van der Waals surface area contributed by atoms with Gasteiger partial charge in [0.1, 0.15) is 10.8 Å². The number of benzene rings is 2. The van der Waals surface area contributed by atoms with E-state index >= 15 is 0 Å². The lowest BCUT2D eigenvalue weighted by atomic mass is 10.2. The molecule has 9 heteroatoms. The second kappa shape index (κ2) is 9.35. The average Bonchev–Trinajstić information content (AvgIpc) is 2.66. The fourth-order valence-electron chi connectivity index (χ4n) is 2.02. The third kappa shape index (κ3) is 6.12. The van der Waals surface area contributed by atoms with Crippen LogP contribution in [0.1, 0.15) is 5.56 Å². The van der Waals surface area contributed by atoms with Crippen molar-refractivity contribution in [2.75, 3.05) is 19.0 Å². The van der Waals surface area contributed by atoms with Gasteiger partial charge in [0.2, 0.25) is 0 Å². The van der Waals surface area contributed by atoms with Crippen LogP contribution in [0.15, 0.2) is 48.5 Å². The second-order valence-electron chi connectivity index (χ2n) is 5.19. The van der Waals surface area contributed by atoms with Crippen molar-refractivity contribution in [2.45, 2.75) is 0 Å². The van der Waals surface area contributed by atoms with Crippen LogP contribution < -0.4 is 10.1 Å². The van der Waals surface area contributed by atoms with Gasteiger partial charge in [-0.1, -0.05) is 23.7 Å². The molecule has 0 fully saturated rings. The van der Waals surface area contributed by atoms with E-state index in [9.17, 15) is 19.7 Å². The summed E-state index contributed by atoms with van der Waals surface area (Å²) in [7, 11) is 1.53. The quantitative estimate of drug-likeness (QED) is 0.336. The molecule has 140 valence electrons. The molecule has 0 bridgehead atoms. The van der Waals surface area contributed by atoms with Crippen molar-refractivity contribution in [3.05, 3.63) is 69.2 Å². The first kappa shape index (κ1) is 19.9. The topological polar surface area (TPSA) is 108 Å². The Hall–Kier alpha value is -3.39. The van der Waals surface area contributed by atoms with E-state index in [0.29, 0.717) is 5.75 Å². The molecular weight excluding hydrogens is 376 g/mol. The predicted octanol–water partition coefficient (Wildman–Crippen LogP) is 3.45. The summed E-state index contributed by atoms with van der Waals surface area (Å²) in [4.78, 5) is 33.7. The molecule has 0 radical (unpaired) electrons. The average molecular weight is 391 g/mol. The Bertz CT molecular complexity index is 897. The number of nitro benzene ring substituents is 1. The maximum absolute atomic E-state index is 11.8. The number of rotatable bonds is 7. The number of hydrogen-bond acceptors (Lipinski definition) is 6. The van der Waals surface area contributed by atoms with Crippen molar-refractivity contribution in [3.63, 3.8) is 0 Å². The highest BCUT2D eigenvalue weighted by Gasteiger charge is 2.14. The van der Waals surface area contributed by atoms with Crippen LogP contribution in [0.3, 0.4) is 0 Å². The Morgan fingerprint density at radius 3 is 2.74 bits per heavy atom. The van der Waals surface area contributed by atoms with Gasteiger partial charge >= 0.3 is 5.97 Å². The maximum atomic E-state index is 11.8. The van der Waals surface area contributed by atoms with Crippen LogP contribution in [-0.2, 0) is 14.3 Å². The van der Waals surface area contributed by atoms with E-state index in [0.717, 1.165) is 11.6 Å². The molecule has 2 aromatic rings. The van der Waals surface area contributed by atoms with Crippen molar-refractivity contribution >= 4 is 40.9 Å². The van der Waals surface area contributed by atoms with Crippen LogP contribution in [-0.4, -0.2) is 30.5 Å². The summed E-state index contributed by atoms with van der Waals surface area (Å²) < 4.78 is 9.90. The molecule has 0 saturated heterocycles. The SMILES string of the molecule is COc1cccc(/C=C/C(=O)OCC(=O)Nc2ccc(Cl)c([N+](=O)[O-])c2)c1. The number of methoxy groups -OCH3 is 1. The van der Waals surface area contributed by atoms with Crippen LogP contribution in [0.4, 0.5) is 11.4 Å². The molecule has 0 aromatic heterocycles. The minimum Gasteiger partial charge on any atom is -0.497 e. The van der Waals surface area contributed by atoms with E-state index in [1.165, 1.54) is 31.4 Å². The Balaban J connectivity index is 1.87. The highest BCUT2D eigenvalue weighted by atomic mass is 35.5. The summed E-state index contributed by atoms with van der Waals surface area (Å²) in [5.41, 5.74) is 0.552. The monoisotopic (exact) mass is 390 g/mol. The largest absolute Gasteiger partial charge is 0.497 e. The summed E-state index contributed by atoms with van der Waals surface area (Å²) in [6.45, 7) is -0.544. The number of anilines is 1. The van der Waals surface area contributed by atoms with E-state index < -0.39 is 23.4 Å². The van der Waals surface area contributed by atoms with E-state index in [1.54, 1.807) is 24.3 Å². The molecule has 0 aliphatic carbocycles. The Morgan fingerprint density at radius 2 is 2.04 bits per heavy atom. The number of ether oxygens (including phenoxy) is 2. The van der Waals surface area contributed by atoms with Gasteiger partial charge in [0.15, 0.2) is 6.61 Å². The highest BCUT2D eigenvalue weighted by Crippen LogP contribution is 2.27. The molecule has 2 aromatic carbocycles. The molecule has 8 nitrogen and oxygen atoms in total. The zero-order valence-electron chi connectivity index (χ0n) is 14.2. The zero-order valence-corrected chi connectivity index (χ0v) is 14.9. The van der Waals surface area contributed by atoms with Gasteiger partial charge in [-0.15, -0.1) is 0 Å². The van der Waals surface area contributed by atoms with Gasteiger partial charge < -0.3 is 14.8 Å². The van der Waals surface area contributed by atoms with Gasteiger partial charge in [-0.3, -0.25) is 14.9 Å². The molecule has 0 heterocycles. The van der Waals surface area contributed by atoms with Crippen LogP contribution in [0, 0.1) is 10.1 Å². The number of carbonyl (C=O) groups is 2. The van der Waals surface area contributed by atoms with E-state index in [2.05, 4.69) is 5.32 Å². The normalized spacial score (nSPS) is 10.4. The number of halogens is 1. The standard InChI is InChI=1S/C18H15ClN2O6/c1-26-14-4-2-3-12(9-14)5-8-18(23)27-11-17(22)20-13-6-7-15(19)16(10-13)21(24)25/h2-10H,11H2,1H3,(H,20,22)/b8-5+. The first-order valence-electron chi connectivity index (χ1n) is 7.61. The third-order valence-corrected chi connectivity index (χ3v) is 3.60. The van der Waals surface area contributed by atoms with Crippen LogP contribution in [0.2, 0.25) is 5.02 Å². The molecule has 0 atom stereocenters. The lowest BCUT2D eigenvalue weighted by Gasteiger charge is -2.06. The van der Waals surface area contributed by atoms with Crippen molar-refractivity contribution in [3.8, 4) is 5.75 Å². The summed E-state index contributed by atoms with van der Waals surface area (Å²) >= 11 is 5.70. The van der Waals surface area contributed by atoms with Crippen LogP contribution in [0.25, 0.3) is 6.08 Å². The minimum atomic E-state index is -0.713. The molecule has 0 aliphatic rings. The molecular formula is C18H15ClN2O6. The van der Waals surface area contributed by atoms with E-state index in [-0.39, 0.29) is 16.4 Å². The van der Waals surface area contributed by atoms with Gasteiger partial charge in [0.25, 0.3) is 11.6 Å². The summed E-state index contributed by atoms with van der Waals surface area (Å²) in [5.74, 6) is -0.716. The van der Waals surface area contributed by atoms with Crippen molar-refractivity contribution in [2.24, 2.45) is 0 Å². The van der Waals surface area contributed by atoms with Crippen LogP contribution in [0.5, 0.6) is 5.75 Å². The number of esters is 1. The van der Waals surface area contributed by atoms with Gasteiger partial charge in [0, 0.05) is 17.8 Å². The summed E-state index contributed by atoms with van der Waals surface area (Å²) in [6, 6.07) is 10.8. The predicted molar refractivity (Wildman–Crippen MR) is 99.7 cm³/mol. The van der Waals surface area contributed by atoms with E-state index in [1.807, 2.05) is 0 Å². The zero-order chi connectivity index (χ0) is 19.8. The fraction of sp³-hybridized carbons (Fsp3) is 0.111. The Labute approximate surface area is 159 Å². The number of nitro groups is 1. The number of carbonyl (C=O) groups excluding carboxylic acids is 2. The van der Waals surface area contributed by atoms with Crippen LogP contribution >= 0.6 is 11.6 Å². The van der Waals surface area contributed by atoms with Gasteiger partial charge in [-0.05, 0) is 35.9 Å². The molecule has 1 amide bonds. The number of amides is 1. The van der Waals surface area contributed by atoms with Gasteiger partial charge in [-0.2, -0.15) is 0 Å². The molecule has 27 heavy (non-hydrogen) atoms. The lowest BCUT2D eigenvalue weighted by molar-refractivity contribution is -0.384. The summed E-state index contributed by atoms with van der Waals surface area (Å²) in [6.07, 6.45) is 2.69. The molecule has 2 rings (SSSR count). The van der Waals surface area contributed by atoms with Crippen molar-refractivity contribution in [1.82, 2.24) is 0 Å². The lowest BCUT2D eigenvalue weighted by Crippen LogP contribution is -2.20. The number of nitrogens with one attached hydrogen (secondary N) is 1. The molecule has 0 aliphatic heterocycles. The molecule has 0 unspecified atom stereocenters. The number of hydrogen-bond donors (Lipinski definition) is 1. The highest BCUT2D eigenvalue weighted by molar-refractivity contribution is 6.32. The first-order chi connectivity index (χ1) is 12.9. The summed E-state index contributed by atoms with van der Waals surface area (Å²) in [5, 5.41) is 13.2. The molecule has 0 spiro atoms. The van der Waals surface area contributed by atoms with Crippen molar-refractivity contribution in [1.29, 1.82) is 0 Å². The van der Waals surface area contributed by atoms with Gasteiger partial charge in [-0.25, -0.2) is 4.79 Å². The second-order valence-corrected chi connectivity index (χ2v) is 5.60. The van der Waals surface area contributed by atoms with E-state index in [4.69, 9.17) is 21.1 Å². The number of nitrogens with zero attached hydrogens (tertiary/aromatic N) is 1. The maximum Gasteiger partial charge on any atom is 0.331 e. The smallest absolute Gasteiger partial charge is 0.331 e. The fourth-order valence-corrected chi connectivity index (χ4v) is 2.21. The Kier molecular flexibility index (Phi) is 6.90. The minimum absolute atomic E-state index is 0.0490.